The quantitative estimate of drug-likeness (QED) is 0.799. The molecule has 0 bridgehead atoms. The molecule has 15 heavy (non-hydrogen) atoms. The van der Waals surface area contributed by atoms with Gasteiger partial charge in [0.15, 0.2) is 0 Å². The Balaban J connectivity index is 2.66. The van der Waals surface area contributed by atoms with E-state index in [-0.39, 0.29) is 0 Å². The SMILES string of the molecule is CC(C)=CCOc1ccc(CN)cc1Cl. The van der Waals surface area contributed by atoms with Crippen molar-refractivity contribution in [3.8, 4) is 5.75 Å². The highest BCUT2D eigenvalue weighted by atomic mass is 35.5. The topological polar surface area (TPSA) is 35.2 Å². The van der Waals surface area contributed by atoms with Crippen molar-refractivity contribution >= 4 is 11.6 Å². The molecule has 0 fully saturated rings. The Kier molecular flexibility index (Phi) is 4.66. The van der Waals surface area contributed by atoms with Crippen LogP contribution in [0.25, 0.3) is 0 Å². The van der Waals surface area contributed by atoms with Gasteiger partial charge in [-0.05, 0) is 37.6 Å². The number of rotatable bonds is 4. The van der Waals surface area contributed by atoms with E-state index >= 15 is 0 Å². The monoisotopic (exact) mass is 225 g/mol. The summed E-state index contributed by atoms with van der Waals surface area (Å²) < 4.78 is 5.50. The maximum atomic E-state index is 6.02. The Hall–Kier alpha value is -0.990. The summed E-state index contributed by atoms with van der Waals surface area (Å²) in [5.74, 6) is 0.700. The second-order valence-corrected chi connectivity index (χ2v) is 3.97. The molecule has 1 rings (SSSR count). The molecule has 2 nitrogen and oxygen atoms in total. The fraction of sp³-hybridized carbons (Fsp3) is 0.333. The largest absolute Gasteiger partial charge is 0.488 e. The van der Waals surface area contributed by atoms with Crippen LogP contribution in [-0.2, 0) is 6.54 Å². The van der Waals surface area contributed by atoms with Gasteiger partial charge in [-0.15, -0.1) is 0 Å². The average Bonchev–Trinajstić information content (AvgIpc) is 2.20. The summed E-state index contributed by atoms with van der Waals surface area (Å²) in [4.78, 5) is 0. The highest BCUT2D eigenvalue weighted by Gasteiger charge is 2.01. The van der Waals surface area contributed by atoms with Crippen LogP contribution in [0.2, 0.25) is 5.02 Å². The summed E-state index contributed by atoms with van der Waals surface area (Å²) in [7, 11) is 0. The van der Waals surface area contributed by atoms with E-state index in [1.165, 1.54) is 5.57 Å². The zero-order valence-corrected chi connectivity index (χ0v) is 9.84. The lowest BCUT2D eigenvalue weighted by molar-refractivity contribution is 0.362. The van der Waals surface area contributed by atoms with Crippen LogP contribution in [0.1, 0.15) is 19.4 Å². The number of halogens is 1. The summed E-state index contributed by atoms with van der Waals surface area (Å²) >= 11 is 6.02. The van der Waals surface area contributed by atoms with E-state index in [9.17, 15) is 0 Å². The Bertz CT molecular complexity index is 357. The van der Waals surface area contributed by atoms with Crippen molar-refractivity contribution in [3.05, 3.63) is 40.4 Å². The Morgan fingerprint density at radius 2 is 2.20 bits per heavy atom. The molecule has 0 spiro atoms. The van der Waals surface area contributed by atoms with E-state index in [2.05, 4.69) is 0 Å². The summed E-state index contributed by atoms with van der Waals surface area (Å²) in [6.45, 7) is 5.10. The zero-order valence-electron chi connectivity index (χ0n) is 9.09. The third-order valence-electron chi connectivity index (χ3n) is 1.96. The molecule has 0 amide bonds. The predicted molar refractivity (Wildman–Crippen MR) is 64.3 cm³/mol. The molecule has 0 heterocycles. The Morgan fingerprint density at radius 3 is 2.73 bits per heavy atom. The van der Waals surface area contributed by atoms with Crippen molar-refractivity contribution in [2.45, 2.75) is 20.4 Å². The van der Waals surface area contributed by atoms with Gasteiger partial charge in [0.2, 0.25) is 0 Å². The number of hydrogen-bond donors (Lipinski definition) is 1. The first-order chi connectivity index (χ1) is 7.13. The van der Waals surface area contributed by atoms with Gasteiger partial charge in [0.1, 0.15) is 12.4 Å². The minimum absolute atomic E-state index is 0.494. The van der Waals surface area contributed by atoms with Crippen molar-refractivity contribution in [1.29, 1.82) is 0 Å². The molecule has 1 aromatic rings. The summed E-state index contributed by atoms with van der Waals surface area (Å²) in [5.41, 5.74) is 7.74. The molecule has 3 heteroatoms. The number of benzene rings is 1. The normalized spacial score (nSPS) is 9.87. The highest BCUT2D eigenvalue weighted by Crippen LogP contribution is 2.25. The third kappa shape index (κ3) is 3.94. The third-order valence-corrected chi connectivity index (χ3v) is 2.26. The van der Waals surface area contributed by atoms with Gasteiger partial charge in [-0.25, -0.2) is 0 Å². The lowest BCUT2D eigenvalue weighted by Gasteiger charge is -2.07. The smallest absolute Gasteiger partial charge is 0.138 e. The van der Waals surface area contributed by atoms with Crippen LogP contribution in [0.5, 0.6) is 5.75 Å². The predicted octanol–water partition coefficient (Wildman–Crippen LogP) is 3.14. The molecule has 0 aliphatic heterocycles. The maximum Gasteiger partial charge on any atom is 0.138 e. The van der Waals surface area contributed by atoms with E-state index in [0.717, 1.165) is 5.56 Å². The highest BCUT2D eigenvalue weighted by molar-refractivity contribution is 6.32. The molecule has 0 atom stereocenters. The van der Waals surface area contributed by atoms with Gasteiger partial charge in [-0.3, -0.25) is 0 Å². The molecule has 0 aromatic heterocycles. The molecule has 0 saturated heterocycles. The molecule has 0 aliphatic carbocycles. The van der Waals surface area contributed by atoms with Crippen LogP contribution < -0.4 is 10.5 Å². The minimum Gasteiger partial charge on any atom is -0.488 e. The minimum atomic E-state index is 0.494. The van der Waals surface area contributed by atoms with Gasteiger partial charge in [0.05, 0.1) is 5.02 Å². The first-order valence-corrected chi connectivity index (χ1v) is 5.26. The van der Waals surface area contributed by atoms with Gasteiger partial charge in [-0.1, -0.05) is 23.2 Å². The molecule has 82 valence electrons. The van der Waals surface area contributed by atoms with Crippen LogP contribution in [0, 0.1) is 0 Å². The second kappa shape index (κ2) is 5.79. The fourth-order valence-corrected chi connectivity index (χ4v) is 1.34. The average molecular weight is 226 g/mol. The number of ether oxygens (including phenoxy) is 1. The van der Waals surface area contributed by atoms with Crippen LogP contribution in [-0.4, -0.2) is 6.61 Å². The molecule has 0 radical (unpaired) electrons. The summed E-state index contributed by atoms with van der Waals surface area (Å²) in [6.07, 6.45) is 2.01. The molecule has 0 aliphatic rings. The Morgan fingerprint density at radius 1 is 1.47 bits per heavy atom. The maximum absolute atomic E-state index is 6.02. The van der Waals surface area contributed by atoms with Gasteiger partial charge in [0.25, 0.3) is 0 Å². The molecule has 0 unspecified atom stereocenters. The Labute approximate surface area is 95.7 Å². The first-order valence-electron chi connectivity index (χ1n) is 4.88. The lowest BCUT2D eigenvalue weighted by Crippen LogP contribution is -1.98. The van der Waals surface area contributed by atoms with Crippen LogP contribution in [0.4, 0.5) is 0 Å². The van der Waals surface area contributed by atoms with Crippen molar-refractivity contribution in [1.82, 2.24) is 0 Å². The van der Waals surface area contributed by atoms with Gasteiger partial charge in [-0.2, -0.15) is 0 Å². The van der Waals surface area contributed by atoms with Gasteiger partial charge < -0.3 is 10.5 Å². The summed E-state index contributed by atoms with van der Waals surface area (Å²) in [6, 6.07) is 5.60. The molecule has 2 N–H and O–H groups in total. The number of nitrogens with two attached hydrogens (primary N) is 1. The molecular weight excluding hydrogens is 210 g/mol. The van der Waals surface area contributed by atoms with Crippen LogP contribution in [0.3, 0.4) is 0 Å². The lowest BCUT2D eigenvalue weighted by atomic mass is 10.2. The first kappa shape index (κ1) is 12.1. The molecular formula is C12H16ClNO. The van der Waals surface area contributed by atoms with E-state index in [1.54, 1.807) is 0 Å². The number of allylic oxidation sites excluding steroid dienone is 1. The number of hydrogen-bond acceptors (Lipinski definition) is 2. The van der Waals surface area contributed by atoms with E-state index in [4.69, 9.17) is 22.1 Å². The van der Waals surface area contributed by atoms with Gasteiger partial charge >= 0.3 is 0 Å². The van der Waals surface area contributed by atoms with E-state index in [0.29, 0.717) is 23.9 Å². The van der Waals surface area contributed by atoms with E-state index < -0.39 is 0 Å². The molecule has 0 saturated carbocycles. The van der Waals surface area contributed by atoms with Crippen molar-refractivity contribution in [2.75, 3.05) is 6.61 Å². The second-order valence-electron chi connectivity index (χ2n) is 3.56. The van der Waals surface area contributed by atoms with Crippen molar-refractivity contribution in [3.63, 3.8) is 0 Å². The fourth-order valence-electron chi connectivity index (χ4n) is 1.09. The summed E-state index contributed by atoms with van der Waals surface area (Å²) in [5, 5.41) is 0.611. The zero-order chi connectivity index (χ0) is 11.3. The van der Waals surface area contributed by atoms with Crippen molar-refractivity contribution < 1.29 is 4.74 Å². The van der Waals surface area contributed by atoms with Crippen LogP contribution >= 0.6 is 11.6 Å². The standard InChI is InChI=1S/C12H16ClNO/c1-9(2)5-6-15-12-4-3-10(8-14)7-11(12)13/h3-5,7H,6,8,14H2,1-2H3. The van der Waals surface area contributed by atoms with E-state index in [1.807, 2.05) is 38.1 Å². The van der Waals surface area contributed by atoms with Crippen LogP contribution in [0.15, 0.2) is 29.8 Å². The molecule has 1 aromatic carbocycles. The van der Waals surface area contributed by atoms with Crippen molar-refractivity contribution in [2.24, 2.45) is 5.73 Å². The van der Waals surface area contributed by atoms with Gasteiger partial charge in [0, 0.05) is 6.54 Å².